The second-order valence-electron chi connectivity index (χ2n) is 8.65. The highest BCUT2D eigenvalue weighted by atomic mass is 19.3. The van der Waals surface area contributed by atoms with Crippen LogP contribution in [-0.2, 0) is 42.6 Å². The second-order valence-corrected chi connectivity index (χ2v) is 8.65. The van der Waals surface area contributed by atoms with Crippen LogP contribution in [0, 0.1) is 0 Å². The summed E-state index contributed by atoms with van der Waals surface area (Å²) in [5, 5.41) is 37.4. The molecule has 0 heterocycles. The number of aliphatic hydroxyl groups excluding tert-OH is 4. The van der Waals surface area contributed by atoms with E-state index >= 15 is 0 Å². The van der Waals surface area contributed by atoms with Crippen molar-refractivity contribution in [2.45, 2.75) is 43.2 Å². The summed E-state index contributed by atoms with van der Waals surface area (Å²) in [7, 11) is 0. The molecule has 0 fully saturated rings. The Morgan fingerprint density at radius 2 is 0.930 bits per heavy atom. The van der Waals surface area contributed by atoms with Crippen LogP contribution in [0.15, 0.2) is 12.7 Å². The van der Waals surface area contributed by atoms with E-state index in [0.717, 1.165) is 0 Å². The Morgan fingerprint density at radius 3 is 1.42 bits per heavy atom. The Labute approximate surface area is 245 Å². The molecule has 19 heteroatoms. The first kappa shape index (κ1) is 41.8. The van der Waals surface area contributed by atoms with Gasteiger partial charge in [-0.2, -0.15) is 17.6 Å². The zero-order chi connectivity index (χ0) is 32.6. The normalized spacial score (nSPS) is 15.0. The molecule has 13 nitrogen and oxygen atoms in total. The van der Waals surface area contributed by atoms with E-state index in [1.165, 1.54) is 0 Å². The van der Waals surface area contributed by atoms with Crippen LogP contribution in [-0.4, -0.2) is 156 Å². The molecular weight excluding hydrogens is 610 g/mol. The summed E-state index contributed by atoms with van der Waals surface area (Å²) in [6, 6.07) is 0. The van der Waals surface area contributed by atoms with E-state index in [9.17, 15) is 41.7 Å². The number of hydrogen-bond acceptors (Lipinski definition) is 13. The maximum Gasteiger partial charge on any atom is 0.495 e. The Hall–Kier alpha value is -1.20. The molecule has 0 aliphatic heterocycles. The van der Waals surface area contributed by atoms with Crippen molar-refractivity contribution in [3.63, 3.8) is 0 Å². The van der Waals surface area contributed by atoms with Crippen LogP contribution in [0.25, 0.3) is 0 Å². The van der Waals surface area contributed by atoms with E-state index < -0.39 is 69.9 Å². The summed E-state index contributed by atoms with van der Waals surface area (Å²) in [6.45, 7) is -2.29. The van der Waals surface area contributed by atoms with Gasteiger partial charge in [0.05, 0.1) is 85.9 Å². The van der Waals surface area contributed by atoms with Gasteiger partial charge in [0, 0.05) is 0 Å². The maximum absolute atomic E-state index is 13.6. The fourth-order valence-corrected chi connectivity index (χ4v) is 2.64. The number of rotatable bonds is 31. The van der Waals surface area contributed by atoms with Crippen molar-refractivity contribution in [3.8, 4) is 0 Å². The molecule has 0 aromatic rings. The highest BCUT2D eigenvalue weighted by Gasteiger charge is 2.52. The molecule has 0 amide bonds. The minimum Gasteiger partial charge on any atom is -0.394 e. The molecule has 0 bridgehead atoms. The van der Waals surface area contributed by atoms with Crippen molar-refractivity contribution in [2.24, 2.45) is 0 Å². The summed E-state index contributed by atoms with van der Waals surface area (Å²) >= 11 is 0. The topological polar surface area (TPSA) is 164 Å². The van der Waals surface area contributed by atoms with Gasteiger partial charge in [0.15, 0.2) is 0 Å². The minimum atomic E-state index is -5.46. The van der Waals surface area contributed by atoms with Crippen molar-refractivity contribution in [1.29, 1.82) is 0 Å². The lowest BCUT2D eigenvalue weighted by molar-refractivity contribution is -0.518. The molecule has 0 saturated heterocycles. The van der Waals surface area contributed by atoms with Gasteiger partial charge in [-0.1, -0.05) is 6.08 Å². The van der Waals surface area contributed by atoms with E-state index in [4.69, 9.17) is 28.8 Å². The van der Waals surface area contributed by atoms with Gasteiger partial charge in [0.2, 0.25) is 0 Å². The van der Waals surface area contributed by atoms with Crippen LogP contribution in [0.5, 0.6) is 0 Å². The minimum absolute atomic E-state index is 0.0213. The molecule has 0 aliphatic rings. The average molecular weight is 653 g/mol. The molecule has 0 spiro atoms. The number of alkyl halides is 6. The zero-order valence-electron chi connectivity index (χ0n) is 23.6. The van der Waals surface area contributed by atoms with Crippen molar-refractivity contribution < 1.29 is 89.4 Å². The molecule has 0 aromatic carbocycles. The lowest BCUT2D eigenvalue weighted by atomic mass is 10.4. The number of ether oxygens (including phenoxy) is 9. The van der Waals surface area contributed by atoms with Gasteiger partial charge in [0.25, 0.3) is 0 Å². The Morgan fingerprint density at radius 1 is 0.535 bits per heavy atom. The molecule has 0 saturated carbocycles. The fourth-order valence-electron chi connectivity index (χ4n) is 2.64. The molecule has 0 aromatic heterocycles. The van der Waals surface area contributed by atoms with Gasteiger partial charge < -0.3 is 53.6 Å². The van der Waals surface area contributed by atoms with Crippen LogP contribution >= 0.6 is 0 Å². The average Bonchev–Trinajstić information content (AvgIpc) is 2.88. The monoisotopic (exact) mass is 652 g/mol. The number of halogens is 6. The van der Waals surface area contributed by atoms with Crippen LogP contribution < -0.4 is 0 Å². The molecule has 3 atom stereocenters. The third-order valence-corrected chi connectivity index (χ3v) is 4.38. The lowest BCUT2D eigenvalue weighted by Gasteiger charge is -2.26. The van der Waals surface area contributed by atoms with Gasteiger partial charge >= 0.3 is 18.5 Å². The van der Waals surface area contributed by atoms with E-state index in [1.54, 1.807) is 6.08 Å². The highest BCUT2D eigenvalue weighted by molar-refractivity contribution is 4.64. The molecule has 43 heavy (non-hydrogen) atoms. The smallest absolute Gasteiger partial charge is 0.394 e. The zero-order valence-corrected chi connectivity index (χ0v) is 23.6. The van der Waals surface area contributed by atoms with Crippen molar-refractivity contribution in [1.82, 2.24) is 0 Å². The first-order chi connectivity index (χ1) is 20.2. The predicted octanol–water partition coefficient (Wildman–Crippen LogP) is 0.523. The summed E-state index contributed by atoms with van der Waals surface area (Å²) in [5.74, 6) is 0. The molecule has 4 N–H and O–H groups in total. The Balaban J connectivity index is 4.01. The standard InChI is InChI=1S/C24H42F6O13/c1-2-3-5-35-7-8-37-12-19(32)14-40-15-20(33)13-38-9-10-39-17-22(25,26)42-24(29,30)43-23(27,28)18-41-16-21(34)11-36-6-4-31/h2,19-21,31-34H,1,3-18H2. The highest BCUT2D eigenvalue weighted by Crippen LogP contribution is 2.33. The summed E-state index contributed by atoms with van der Waals surface area (Å²) < 4.78 is 121. The SMILES string of the molecule is C=CCCOCCOCC(O)COCC(O)COCCOCC(F)(F)OC(F)(F)OC(F)(F)COCC(O)COCCO. The van der Waals surface area contributed by atoms with Crippen LogP contribution in [0.3, 0.4) is 0 Å². The lowest BCUT2D eigenvalue weighted by Crippen LogP contribution is -2.44. The predicted molar refractivity (Wildman–Crippen MR) is 133 cm³/mol. The third kappa shape index (κ3) is 26.9. The van der Waals surface area contributed by atoms with E-state index in [1.807, 2.05) is 0 Å². The van der Waals surface area contributed by atoms with E-state index in [2.05, 4.69) is 25.5 Å². The van der Waals surface area contributed by atoms with Gasteiger partial charge in [0.1, 0.15) is 31.5 Å². The maximum atomic E-state index is 13.6. The Bertz CT molecular complexity index is 682. The molecular formula is C24H42F6O13. The van der Waals surface area contributed by atoms with Crippen LogP contribution in [0.1, 0.15) is 6.42 Å². The van der Waals surface area contributed by atoms with Crippen LogP contribution in [0.4, 0.5) is 26.3 Å². The Kier molecular flexibility index (Phi) is 23.4. The molecule has 0 rings (SSSR count). The summed E-state index contributed by atoms with van der Waals surface area (Å²) in [5.41, 5.74) is 0. The van der Waals surface area contributed by atoms with Gasteiger partial charge in [-0.3, -0.25) is 0 Å². The van der Waals surface area contributed by atoms with E-state index in [0.29, 0.717) is 19.6 Å². The number of hydrogen-bond donors (Lipinski definition) is 4. The van der Waals surface area contributed by atoms with Crippen LogP contribution in [0.2, 0.25) is 0 Å². The molecule has 3 unspecified atom stereocenters. The van der Waals surface area contributed by atoms with E-state index in [-0.39, 0.29) is 52.9 Å². The largest absolute Gasteiger partial charge is 0.495 e. The quantitative estimate of drug-likeness (QED) is 0.0355. The van der Waals surface area contributed by atoms with Crippen molar-refractivity contribution in [3.05, 3.63) is 12.7 Å². The first-order valence-electron chi connectivity index (χ1n) is 13.1. The van der Waals surface area contributed by atoms with Crippen molar-refractivity contribution >= 4 is 0 Å². The number of aliphatic hydroxyl groups is 4. The van der Waals surface area contributed by atoms with Crippen molar-refractivity contribution in [2.75, 3.05) is 99.1 Å². The fraction of sp³-hybridized carbons (Fsp3) is 0.917. The third-order valence-electron chi connectivity index (χ3n) is 4.38. The first-order valence-corrected chi connectivity index (χ1v) is 13.1. The second kappa shape index (κ2) is 24.1. The molecule has 0 radical (unpaired) electrons. The summed E-state index contributed by atoms with van der Waals surface area (Å²) in [4.78, 5) is 0. The van der Waals surface area contributed by atoms with Gasteiger partial charge in [-0.25, -0.2) is 9.47 Å². The summed E-state index contributed by atoms with van der Waals surface area (Å²) in [6.07, 6.45) is -16.1. The molecule has 258 valence electrons. The van der Waals surface area contributed by atoms with Gasteiger partial charge in [-0.05, 0) is 6.42 Å². The van der Waals surface area contributed by atoms with Gasteiger partial charge in [-0.15, -0.1) is 15.4 Å². The molecule has 0 aliphatic carbocycles.